The monoisotopic (exact) mass is 532 g/mol. The molecule has 8 nitrogen and oxygen atoms in total. The van der Waals surface area contributed by atoms with E-state index in [0.717, 1.165) is 38.5 Å². The number of rotatable bonds is 7. The van der Waals surface area contributed by atoms with Gasteiger partial charge in [0.1, 0.15) is 5.69 Å². The Kier molecular flexibility index (Phi) is 8.43. The molecule has 9 heteroatoms. The first-order chi connectivity index (χ1) is 15.9. The van der Waals surface area contributed by atoms with Crippen LogP contribution in [0, 0.1) is 5.92 Å². The number of nitrogens with zero attached hydrogens (tertiary/aromatic N) is 3. The molecule has 1 aliphatic heterocycles. The number of esters is 1. The molecular formula is C25H33BrN4O4. The standard InChI is InChI=1S/C25H32N4O4.BrH/c1-29(22(23(26)30)20-17-27-14-15-28-20)16-8-13-21(29)33-24(31)25(32,18-9-4-2-5-10-18)19-11-6-3-7-12-19;/h2,4-5,9-10,14-15,17,19,21-22,32H,3,6-8,11-13,16H2,1H3,(H-,26,30);1H. The molecule has 4 rings (SSSR count). The molecular weight excluding hydrogens is 500 g/mol. The fourth-order valence-corrected chi connectivity index (χ4v) is 5.66. The normalized spacial score (nSPS) is 25.5. The molecule has 4 unspecified atom stereocenters. The first-order valence-corrected chi connectivity index (χ1v) is 11.8. The lowest BCUT2D eigenvalue weighted by Gasteiger charge is -2.42. The van der Waals surface area contributed by atoms with Gasteiger partial charge in [-0.2, -0.15) is 0 Å². The molecule has 1 aromatic carbocycles. The SMILES string of the molecule is C[N+]1(C(C(N)=O)c2cnccn2)CCCC1OC(=O)C(O)(c1ccccc1)C1CCCCC1.[Br-]. The molecule has 4 atom stereocenters. The molecule has 0 radical (unpaired) electrons. The number of carbonyl (C=O) groups excluding carboxylic acids is 2. The number of quaternary nitrogens is 1. The zero-order valence-electron chi connectivity index (χ0n) is 19.5. The van der Waals surface area contributed by atoms with Gasteiger partial charge in [0.25, 0.3) is 5.91 Å². The third-order valence-corrected chi connectivity index (χ3v) is 7.44. The predicted octanol–water partition coefficient (Wildman–Crippen LogP) is -0.415. The van der Waals surface area contributed by atoms with Gasteiger partial charge in [0, 0.05) is 31.2 Å². The number of hydrogen-bond donors (Lipinski definition) is 2. The van der Waals surface area contributed by atoms with Crippen molar-refractivity contribution in [3.05, 3.63) is 60.2 Å². The molecule has 2 fully saturated rings. The number of aliphatic hydroxyl groups is 1. The van der Waals surface area contributed by atoms with Crippen LogP contribution in [0.5, 0.6) is 0 Å². The number of likely N-dealkylation sites (N-methyl/N-ethyl adjacent to an activating group) is 1. The number of primary amides is 1. The Morgan fingerprint density at radius 3 is 2.44 bits per heavy atom. The van der Waals surface area contributed by atoms with Crippen molar-refractivity contribution in [3.63, 3.8) is 0 Å². The Balaban J connectivity index is 0.00000324. The van der Waals surface area contributed by atoms with Crippen molar-refractivity contribution >= 4 is 11.9 Å². The van der Waals surface area contributed by atoms with E-state index in [9.17, 15) is 14.7 Å². The quantitative estimate of drug-likeness (QED) is 0.369. The topological polar surface area (TPSA) is 115 Å². The van der Waals surface area contributed by atoms with Crippen LogP contribution in [0.4, 0.5) is 0 Å². The molecule has 2 aliphatic rings. The number of hydrogen-bond acceptors (Lipinski definition) is 6. The number of halogens is 1. The van der Waals surface area contributed by atoms with Crippen LogP contribution in [0.2, 0.25) is 0 Å². The molecule has 1 amide bonds. The van der Waals surface area contributed by atoms with Crippen LogP contribution in [0.25, 0.3) is 0 Å². The number of amides is 1. The summed E-state index contributed by atoms with van der Waals surface area (Å²) < 4.78 is 6.17. The molecule has 184 valence electrons. The summed E-state index contributed by atoms with van der Waals surface area (Å²) in [5, 5.41) is 11.9. The van der Waals surface area contributed by atoms with Crippen LogP contribution < -0.4 is 22.7 Å². The second-order valence-electron chi connectivity index (χ2n) is 9.48. The van der Waals surface area contributed by atoms with Crippen molar-refractivity contribution in [1.82, 2.24) is 9.97 Å². The minimum atomic E-state index is -1.73. The Labute approximate surface area is 210 Å². The zero-order valence-corrected chi connectivity index (χ0v) is 21.1. The van der Waals surface area contributed by atoms with E-state index < -0.39 is 29.7 Å². The van der Waals surface area contributed by atoms with E-state index in [1.807, 2.05) is 25.2 Å². The smallest absolute Gasteiger partial charge is 0.347 e. The molecule has 0 spiro atoms. The number of benzene rings is 1. The van der Waals surface area contributed by atoms with E-state index in [1.54, 1.807) is 12.1 Å². The van der Waals surface area contributed by atoms with Crippen LogP contribution in [-0.2, 0) is 19.9 Å². The van der Waals surface area contributed by atoms with E-state index >= 15 is 0 Å². The zero-order chi connectivity index (χ0) is 23.5. The van der Waals surface area contributed by atoms with Crippen molar-refractivity contribution in [1.29, 1.82) is 0 Å². The molecule has 3 N–H and O–H groups in total. The number of likely N-dealkylation sites (tertiary alicyclic amines) is 1. The minimum Gasteiger partial charge on any atom is -1.00 e. The van der Waals surface area contributed by atoms with Gasteiger partial charge < -0.3 is 32.6 Å². The first kappa shape index (κ1) is 26.2. The summed E-state index contributed by atoms with van der Waals surface area (Å²) in [6.07, 6.45) is 9.86. The molecule has 0 bridgehead atoms. The third-order valence-electron chi connectivity index (χ3n) is 7.44. The van der Waals surface area contributed by atoms with E-state index in [4.69, 9.17) is 10.5 Å². The number of aromatic nitrogens is 2. The van der Waals surface area contributed by atoms with E-state index in [1.165, 1.54) is 18.6 Å². The average molecular weight is 533 g/mol. The maximum absolute atomic E-state index is 13.7. The van der Waals surface area contributed by atoms with Gasteiger partial charge in [0.05, 0.1) is 19.8 Å². The average Bonchev–Trinajstić information content (AvgIpc) is 3.20. The van der Waals surface area contributed by atoms with Gasteiger partial charge in [-0.3, -0.25) is 19.2 Å². The number of ether oxygens (including phenoxy) is 1. The Morgan fingerprint density at radius 2 is 1.82 bits per heavy atom. The Bertz CT molecular complexity index is 973. The van der Waals surface area contributed by atoms with Gasteiger partial charge in [-0.15, -0.1) is 0 Å². The lowest BCUT2D eigenvalue weighted by Crippen LogP contribution is -3.00. The van der Waals surface area contributed by atoms with Crippen molar-refractivity contribution in [2.24, 2.45) is 11.7 Å². The molecule has 1 saturated carbocycles. The van der Waals surface area contributed by atoms with E-state index in [2.05, 4.69) is 9.97 Å². The Hall–Kier alpha value is -2.36. The molecule has 2 aromatic rings. The lowest BCUT2D eigenvalue weighted by molar-refractivity contribution is -0.959. The van der Waals surface area contributed by atoms with Crippen molar-refractivity contribution in [2.45, 2.75) is 62.8 Å². The predicted molar refractivity (Wildman–Crippen MR) is 121 cm³/mol. The summed E-state index contributed by atoms with van der Waals surface area (Å²) in [5.41, 5.74) is 5.07. The second-order valence-corrected chi connectivity index (χ2v) is 9.48. The number of nitrogens with two attached hydrogens (primary N) is 1. The molecule has 34 heavy (non-hydrogen) atoms. The van der Waals surface area contributed by atoms with Crippen LogP contribution in [0.15, 0.2) is 48.9 Å². The van der Waals surface area contributed by atoms with Crippen LogP contribution in [0.3, 0.4) is 0 Å². The number of carbonyl (C=O) groups is 2. The van der Waals surface area contributed by atoms with Gasteiger partial charge >= 0.3 is 5.97 Å². The molecule has 2 heterocycles. The van der Waals surface area contributed by atoms with Crippen LogP contribution in [0.1, 0.15) is 62.2 Å². The Morgan fingerprint density at radius 1 is 1.12 bits per heavy atom. The largest absolute Gasteiger partial charge is 1.00 e. The minimum absolute atomic E-state index is 0. The lowest BCUT2D eigenvalue weighted by atomic mass is 9.73. The van der Waals surface area contributed by atoms with E-state index in [0.29, 0.717) is 24.2 Å². The van der Waals surface area contributed by atoms with Crippen molar-refractivity contribution < 1.29 is 40.9 Å². The first-order valence-electron chi connectivity index (χ1n) is 11.8. The molecule has 1 saturated heterocycles. The second kappa shape index (κ2) is 10.9. The van der Waals surface area contributed by atoms with Crippen LogP contribution >= 0.6 is 0 Å². The summed E-state index contributed by atoms with van der Waals surface area (Å²) in [6.45, 7) is 0.593. The highest BCUT2D eigenvalue weighted by Gasteiger charge is 2.54. The fourth-order valence-electron chi connectivity index (χ4n) is 5.66. The highest BCUT2D eigenvalue weighted by molar-refractivity contribution is 5.82. The van der Waals surface area contributed by atoms with Crippen molar-refractivity contribution in [3.8, 4) is 0 Å². The summed E-state index contributed by atoms with van der Waals surface area (Å²) in [6, 6.07) is 8.26. The maximum Gasteiger partial charge on any atom is 0.347 e. The van der Waals surface area contributed by atoms with Gasteiger partial charge in [-0.1, -0.05) is 49.6 Å². The maximum atomic E-state index is 13.7. The summed E-state index contributed by atoms with van der Waals surface area (Å²) >= 11 is 0. The highest BCUT2D eigenvalue weighted by atomic mass is 79.9. The summed E-state index contributed by atoms with van der Waals surface area (Å²) in [4.78, 5) is 34.6. The molecule has 1 aromatic heterocycles. The van der Waals surface area contributed by atoms with Gasteiger partial charge in [-0.25, -0.2) is 4.79 Å². The fraction of sp³-hybridized carbons (Fsp3) is 0.520. The highest BCUT2D eigenvalue weighted by Crippen LogP contribution is 2.43. The van der Waals surface area contributed by atoms with Gasteiger partial charge in [0.15, 0.2) is 5.60 Å². The summed E-state index contributed by atoms with van der Waals surface area (Å²) in [7, 11) is 1.86. The van der Waals surface area contributed by atoms with Gasteiger partial charge in [0.2, 0.25) is 12.3 Å². The molecule has 1 aliphatic carbocycles. The third kappa shape index (κ3) is 4.87. The van der Waals surface area contributed by atoms with Crippen molar-refractivity contribution in [2.75, 3.05) is 13.6 Å². The van der Waals surface area contributed by atoms with Gasteiger partial charge in [-0.05, 0) is 18.4 Å². The van der Waals surface area contributed by atoms with Crippen LogP contribution in [-0.4, -0.2) is 51.3 Å². The van der Waals surface area contributed by atoms with E-state index in [-0.39, 0.29) is 27.4 Å². The summed E-state index contributed by atoms with van der Waals surface area (Å²) in [5.74, 6) is -1.42.